The summed E-state index contributed by atoms with van der Waals surface area (Å²) in [4.78, 5) is 30.7. The van der Waals surface area contributed by atoms with Crippen LogP contribution in [0.4, 0.5) is 10.8 Å². The number of benzene rings is 1. The van der Waals surface area contributed by atoms with E-state index in [9.17, 15) is 14.9 Å². The topological polar surface area (TPSA) is 128 Å². The Bertz CT molecular complexity index is 1090. The van der Waals surface area contributed by atoms with Crippen LogP contribution in [0.3, 0.4) is 0 Å². The van der Waals surface area contributed by atoms with E-state index >= 15 is 0 Å². The van der Waals surface area contributed by atoms with Gasteiger partial charge in [0.15, 0.2) is 10.3 Å². The number of nitro groups is 1. The second-order valence-electron chi connectivity index (χ2n) is 6.75. The molecule has 4 rings (SSSR count). The number of nitrogens with zero attached hydrogens (tertiary/aromatic N) is 6. The molecule has 0 radical (unpaired) electrons. The van der Waals surface area contributed by atoms with Gasteiger partial charge in [0, 0.05) is 43.7 Å². The van der Waals surface area contributed by atoms with Crippen molar-refractivity contribution >= 4 is 39.8 Å². The zero-order chi connectivity index (χ0) is 21.8. The smallest absolute Gasteiger partial charge is 0.284 e. The number of aromatic nitrogens is 4. The predicted molar refractivity (Wildman–Crippen MR) is 114 cm³/mol. The monoisotopic (exact) mass is 461 g/mol. The molecule has 1 aromatic carbocycles. The van der Waals surface area contributed by atoms with Gasteiger partial charge >= 0.3 is 0 Å². The van der Waals surface area contributed by atoms with Gasteiger partial charge in [-0.1, -0.05) is 0 Å². The van der Waals surface area contributed by atoms with Gasteiger partial charge in [0.1, 0.15) is 6.33 Å². The van der Waals surface area contributed by atoms with Crippen molar-refractivity contribution in [3.8, 4) is 0 Å². The van der Waals surface area contributed by atoms with Crippen LogP contribution in [0, 0.1) is 10.1 Å². The van der Waals surface area contributed by atoms with E-state index in [1.54, 1.807) is 17.7 Å². The molecule has 11 nitrogen and oxygen atoms in total. The van der Waals surface area contributed by atoms with E-state index in [1.807, 2.05) is 5.38 Å². The number of carbonyl (C=O) groups is 1. The van der Waals surface area contributed by atoms with Crippen molar-refractivity contribution in [2.24, 2.45) is 7.05 Å². The number of ether oxygens (including phenoxy) is 1. The molecule has 0 atom stereocenters. The highest BCUT2D eigenvalue weighted by molar-refractivity contribution is 7.99. The van der Waals surface area contributed by atoms with Crippen molar-refractivity contribution in [3.05, 3.63) is 51.3 Å². The Kier molecular flexibility index (Phi) is 6.56. The van der Waals surface area contributed by atoms with Crippen molar-refractivity contribution < 1.29 is 14.5 Å². The number of nitro benzene ring substituents is 1. The first-order valence-electron chi connectivity index (χ1n) is 9.36. The first kappa shape index (κ1) is 21.4. The lowest BCUT2D eigenvalue weighted by Gasteiger charge is -2.25. The number of carbonyl (C=O) groups excluding carboxylic acids is 1. The number of hydrogen-bond donors (Lipinski definition) is 1. The summed E-state index contributed by atoms with van der Waals surface area (Å²) in [6.45, 7) is 3.80. The zero-order valence-corrected chi connectivity index (χ0v) is 18.2. The number of amides is 1. The number of morpholine rings is 1. The van der Waals surface area contributed by atoms with Crippen LogP contribution >= 0.6 is 23.1 Å². The molecule has 0 unspecified atom stereocenters. The molecule has 0 aliphatic carbocycles. The van der Waals surface area contributed by atoms with Crippen molar-refractivity contribution in [1.29, 1.82) is 0 Å². The third-order valence-corrected chi connectivity index (χ3v) is 6.47. The number of nitrogens with one attached hydrogen (secondary N) is 1. The molecule has 1 N–H and O–H groups in total. The van der Waals surface area contributed by atoms with Gasteiger partial charge in [-0.3, -0.25) is 25.1 Å². The molecule has 2 aromatic heterocycles. The zero-order valence-electron chi connectivity index (χ0n) is 16.6. The van der Waals surface area contributed by atoms with Crippen LogP contribution in [0.25, 0.3) is 0 Å². The third-order valence-electron chi connectivity index (χ3n) is 4.55. The van der Waals surface area contributed by atoms with Crippen molar-refractivity contribution in [2.75, 3.05) is 31.6 Å². The highest BCUT2D eigenvalue weighted by Crippen LogP contribution is 2.34. The molecule has 0 spiro atoms. The first-order valence-corrected chi connectivity index (χ1v) is 11.1. The Hall–Kier alpha value is -2.87. The molecule has 162 valence electrons. The average molecular weight is 462 g/mol. The summed E-state index contributed by atoms with van der Waals surface area (Å²) < 4.78 is 7.00. The molecule has 1 fully saturated rings. The summed E-state index contributed by atoms with van der Waals surface area (Å²) in [5.74, 6) is -0.453. The lowest BCUT2D eigenvalue weighted by molar-refractivity contribution is -0.387. The fourth-order valence-corrected chi connectivity index (χ4v) is 4.49. The van der Waals surface area contributed by atoms with E-state index in [-0.39, 0.29) is 11.3 Å². The van der Waals surface area contributed by atoms with E-state index < -0.39 is 10.8 Å². The number of aryl methyl sites for hydroxylation is 1. The Morgan fingerprint density at radius 2 is 2.19 bits per heavy atom. The van der Waals surface area contributed by atoms with E-state index in [0.29, 0.717) is 34.9 Å². The maximum absolute atomic E-state index is 12.6. The molecule has 3 aromatic rings. The van der Waals surface area contributed by atoms with Gasteiger partial charge in [0.05, 0.1) is 28.7 Å². The summed E-state index contributed by atoms with van der Waals surface area (Å²) in [6.07, 6.45) is 1.51. The minimum atomic E-state index is -0.515. The van der Waals surface area contributed by atoms with Crippen LogP contribution in [0.2, 0.25) is 0 Å². The van der Waals surface area contributed by atoms with E-state index in [0.717, 1.165) is 30.5 Å². The first-order chi connectivity index (χ1) is 15.0. The van der Waals surface area contributed by atoms with Crippen LogP contribution in [0.15, 0.2) is 40.0 Å². The Balaban J connectivity index is 1.45. The summed E-state index contributed by atoms with van der Waals surface area (Å²) in [6, 6.07) is 4.34. The summed E-state index contributed by atoms with van der Waals surface area (Å²) >= 11 is 2.43. The summed E-state index contributed by atoms with van der Waals surface area (Å²) in [7, 11) is 1.75. The summed E-state index contributed by atoms with van der Waals surface area (Å²) in [5.41, 5.74) is 0.871. The number of hydrogen-bond acceptors (Lipinski definition) is 10. The Morgan fingerprint density at radius 1 is 1.39 bits per heavy atom. The fourth-order valence-electron chi connectivity index (χ4n) is 2.95. The van der Waals surface area contributed by atoms with Crippen LogP contribution in [0.5, 0.6) is 0 Å². The minimum Gasteiger partial charge on any atom is -0.379 e. The van der Waals surface area contributed by atoms with Crippen molar-refractivity contribution in [1.82, 2.24) is 24.6 Å². The number of thiazole rings is 1. The van der Waals surface area contributed by atoms with Gasteiger partial charge in [-0.25, -0.2) is 4.98 Å². The van der Waals surface area contributed by atoms with E-state index in [4.69, 9.17) is 4.74 Å². The van der Waals surface area contributed by atoms with E-state index in [2.05, 4.69) is 25.4 Å². The molecule has 0 saturated carbocycles. The molecule has 1 amide bonds. The van der Waals surface area contributed by atoms with Gasteiger partial charge in [0.25, 0.3) is 11.6 Å². The lowest BCUT2D eigenvalue weighted by atomic mass is 10.2. The second kappa shape index (κ2) is 9.51. The molecule has 13 heteroatoms. The van der Waals surface area contributed by atoms with Crippen LogP contribution in [0.1, 0.15) is 16.1 Å². The van der Waals surface area contributed by atoms with Crippen molar-refractivity contribution in [2.45, 2.75) is 16.6 Å². The Labute approximate surface area is 185 Å². The van der Waals surface area contributed by atoms with Gasteiger partial charge in [0.2, 0.25) is 0 Å². The predicted octanol–water partition coefficient (Wildman–Crippen LogP) is 2.42. The second-order valence-corrected chi connectivity index (χ2v) is 8.62. The van der Waals surface area contributed by atoms with Gasteiger partial charge in [-0.05, 0) is 23.9 Å². The molecule has 1 saturated heterocycles. The SMILES string of the molecule is Cn1cnnc1Sc1ccc(C(=O)Nc2nc(CN3CCOCC3)cs2)cc1[N+](=O)[O-]. The molecule has 1 aliphatic rings. The molecule has 1 aliphatic heterocycles. The largest absolute Gasteiger partial charge is 0.379 e. The molecule has 3 heterocycles. The maximum Gasteiger partial charge on any atom is 0.284 e. The maximum atomic E-state index is 12.6. The van der Waals surface area contributed by atoms with Crippen molar-refractivity contribution in [3.63, 3.8) is 0 Å². The van der Waals surface area contributed by atoms with Crippen LogP contribution in [-0.4, -0.2) is 61.8 Å². The molecular formula is C18H19N7O4S2. The van der Waals surface area contributed by atoms with Gasteiger partial charge in [-0.15, -0.1) is 21.5 Å². The molecular weight excluding hydrogens is 442 g/mol. The third kappa shape index (κ3) is 5.25. The van der Waals surface area contributed by atoms with Gasteiger partial charge < -0.3 is 9.30 Å². The molecule has 31 heavy (non-hydrogen) atoms. The lowest BCUT2D eigenvalue weighted by Crippen LogP contribution is -2.35. The normalized spacial score (nSPS) is 14.5. The van der Waals surface area contributed by atoms with Gasteiger partial charge in [-0.2, -0.15) is 0 Å². The molecule has 0 bridgehead atoms. The fraction of sp³-hybridized carbons (Fsp3) is 0.333. The standard InChI is InChI=1S/C18H19N7O4S2/c1-23-11-19-22-18(23)31-15-3-2-12(8-14(15)25(27)28)16(26)21-17-20-13(10-30-17)9-24-4-6-29-7-5-24/h2-3,8,10-11H,4-7,9H2,1H3,(H,20,21,26). The number of anilines is 1. The van der Waals surface area contributed by atoms with Crippen LogP contribution in [-0.2, 0) is 18.3 Å². The highest BCUT2D eigenvalue weighted by Gasteiger charge is 2.21. The quantitative estimate of drug-likeness (QED) is 0.416. The highest BCUT2D eigenvalue weighted by atomic mass is 32.2. The minimum absolute atomic E-state index is 0.173. The Morgan fingerprint density at radius 3 is 2.90 bits per heavy atom. The van der Waals surface area contributed by atoms with E-state index in [1.165, 1.54) is 29.8 Å². The van der Waals surface area contributed by atoms with Crippen LogP contribution < -0.4 is 5.32 Å². The summed E-state index contributed by atoms with van der Waals surface area (Å²) in [5, 5.41) is 24.8. The number of rotatable bonds is 7. The average Bonchev–Trinajstić information content (AvgIpc) is 3.37.